The van der Waals surface area contributed by atoms with Crippen molar-refractivity contribution >= 4 is 17.1 Å². The second-order valence-electron chi connectivity index (χ2n) is 8.04. The van der Waals surface area contributed by atoms with E-state index >= 15 is 0 Å². The third-order valence-corrected chi connectivity index (χ3v) is 5.50. The van der Waals surface area contributed by atoms with E-state index in [1.54, 1.807) is 42.7 Å². The highest BCUT2D eigenvalue weighted by Crippen LogP contribution is 2.23. The molecule has 3 aromatic carbocycles. The predicted octanol–water partition coefficient (Wildman–Crippen LogP) is 4.99. The number of rotatable bonds is 8. The van der Waals surface area contributed by atoms with E-state index in [1.165, 1.54) is 9.08 Å². The molecule has 5 aromatic rings. The molecule has 0 aliphatic rings. The number of hydrogen-bond acceptors (Lipinski definition) is 5. The summed E-state index contributed by atoms with van der Waals surface area (Å²) in [5.74, 6) is 1.85. The predicted molar refractivity (Wildman–Crippen MR) is 138 cm³/mol. The number of nitrogens with zero attached hydrogens (tertiary/aromatic N) is 3. The zero-order valence-corrected chi connectivity index (χ0v) is 19.6. The molecule has 0 bridgehead atoms. The lowest BCUT2D eigenvalue weighted by atomic mass is 10.1. The number of carbonyl (C=O) groups excluding carboxylic acids is 1. The van der Waals surface area contributed by atoms with E-state index in [0.717, 1.165) is 17.1 Å². The van der Waals surface area contributed by atoms with Crippen LogP contribution >= 0.6 is 0 Å². The molecule has 0 fully saturated rings. The van der Waals surface area contributed by atoms with Crippen LogP contribution in [0.3, 0.4) is 0 Å². The van der Waals surface area contributed by atoms with Crippen molar-refractivity contribution in [1.82, 2.24) is 14.2 Å². The van der Waals surface area contributed by atoms with Crippen molar-refractivity contribution in [3.8, 4) is 28.5 Å². The Morgan fingerprint density at radius 3 is 2.31 bits per heavy atom. The third kappa shape index (κ3) is 5.12. The Morgan fingerprint density at radius 1 is 0.889 bits per heavy atom. The van der Waals surface area contributed by atoms with Gasteiger partial charge in [0.25, 0.3) is 5.56 Å². The van der Waals surface area contributed by atoms with Crippen LogP contribution in [0.4, 0.5) is 5.69 Å². The number of anilines is 1. The lowest BCUT2D eigenvalue weighted by Crippen LogP contribution is -2.28. The molecule has 1 amide bonds. The second kappa shape index (κ2) is 10.2. The molecule has 2 aromatic heterocycles. The van der Waals surface area contributed by atoms with E-state index in [4.69, 9.17) is 9.47 Å². The highest BCUT2D eigenvalue weighted by molar-refractivity contribution is 5.90. The van der Waals surface area contributed by atoms with Crippen LogP contribution in [-0.2, 0) is 11.3 Å². The van der Waals surface area contributed by atoms with Crippen molar-refractivity contribution < 1.29 is 14.3 Å². The van der Waals surface area contributed by atoms with Crippen molar-refractivity contribution in [2.24, 2.45) is 0 Å². The van der Waals surface area contributed by atoms with E-state index in [1.807, 2.05) is 61.5 Å². The van der Waals surface area contributed by atoms with Gasteiger partial charge in [-0.1, -0.05) is 18.2 Å². The number of nitrogens with one attached hydrogen (secondary N) is 1. The summed E-state index contributed by atoms with van der Waals surface area (Å²) in [7, 11) is 0. The Bertz CT molecular complexity index is 1540. The molecule has 0 radical (unpaired) electrons. The lowest BCUT2D eigenvalue weighted by Gasteiger charge is -2.09. The van der Waals surface area contributed by atoms with Crippen LogP contribution in [0.2, 0.25) is 0 Å². The fraction of sp³-hybridized carbons (Fsp3) is 0.107. The average molecular weight is 481 g/mol. The average Bonchev–Trinajstić information content (AvgIpc) is 3.34. The molecule has 8 heteroatoms. The molecule has 0 aliphatic carbocycles. The van der Waals surface area contributed by atoms with Gasteiger partial charge in [-0.05, 0) is 73.7 Å². The minimum Gasteiger partial charge on any atom is -0.494 e. The number of amides is 1. The number of ether oxygens (including phenoxy) is 2. The van der Waals surface area contributed by atoms with E-state index in [2.05, 4.69) is 10.4 Å². The fourth-order valence-corrected chi connectivity index (χ4v) is 3.77. The Labute approximate surface area is 207 Å². The summed E-state index contributed by atoms with van der Waals surface area (Å²) in [5.41, 5.74) is 2.22. The molecule has 2 heterocycles. The van der Waals surface area contributed by atoms with Gasteiger partial charge in [0.15, 0.2) is 0 Å². The molecule has 36 heavy (non-hydrogen) atoms. The first kappa shape index (κ1) is 22.9. The van der Waals surface area contributed by atoms with Crippen LogP contribution in [0.1, 0.15) is 6.92 Å². The number of fused-ring (bicyclic) bond motifs is 1. The largest absolute Gasteiger partial charge is 0.494 e. The maximum Gasteiger partial charge on any atom is 0.277 e. The molecule has 5 rings (SSSR count). The molecular formula is C28H24N4O4. The van der Waals surface area contributed by atoms with Crippen LogP contribution in [0, 0.1) is 0 Å². The van der Waals surface area contributed by atoms with Gasteiger partial charge >= 0.3 is 0 Å². The smallest absolute Gasteiger partial charge is 0.277 e. The first-order valence-electron chi connectivity index (χ1n) is 11.5. The van der Waals surface area contributed by atoms with Gasteiger partial charge in [-0.3, -0.25) is 9.59 Å². The molecule has 0 aliphatic heterocycles. The fourth-order valence-electron chi connectivity index (χ4n) is 3.77. The summed E-state index contributed by atoms with van der Waals surface area (Å²) in [5, 5.41) is 7.31. The van der Waals surface area contributed by atoms with Crippen LogP contribution in [0.25, 0.3) is 16.8 Å². The zero-order chi connectivity index (χ0) is 24.9. The van der Waals surface area contributed by atoms with Crippen LogP contribution in [0.5, 0.6) is 17.2 Å². The summed E-state index contributed by atoms with van der Waals surface area (Å²) < 4.78 is 14.1. The van der Waals surface area contributed by atoms with Crippen molar-refractivity contribution in [2.75, 3.05) is 11.9 Å². The van der Waals surface area contributed by atoms with Gasteiger partial charge in [-0.15, -0.1) is 0 Å². The summed E-state index contributed by atoms with van der Waals surface area (Å²) in [6.45, 7) is 2.40. The number of hydrogen-bond donors (Lipinski definition) is 1. The molecule has 1 N–H and O–H groups in total. The molecule has 0 saturated heterocycles. The van der Waals surface area contributed by atoms with Gasteiger partial charge in [0.2, 0.25) is 5.91 Å². The zero-order valence-electron chi connectivity index (χ0n) is 19.6. The molecule has 8 nitrogen and oxygen atoms in total. The molecule has 0 atom stereocenters. The van der Waals surface area contributed by atoms with E-state index in [9.17, 15) is 9.59 Å². The molecular weight excluding hydrogens is 456 g/mol. The number of para-hydroxylation sites is 1. The van der Waals surface area contributed by atoms with Crippen LogP contribution in [0.15, 0.2) is 102 Å². The standard InChI is InChI=1S/C28H24N4O4/c1-2-35-22-12-8-20(9-13-22)25-18-26-28(34)31(16-17-32(26)30-25)19-27(33)29-21-10-14-24(15-11-21)36-23-6-4-3-5-7-23/h3-18H,2,19H2,1H3,(H,29,33). The summed E-state index contributed by atoms with van der Waals surface area (Å²) in [4.78, 5) is 25.6. The normalized spacial score (nSPS) is 10.8. The van der Waals surface area contributed by atoms with Crippen molar-refractivity contribution in [3.05, 3.63) is 108 Å². The van der Waals surface area contributed by atoms with Gasteiger partial charge in [0.05, 0.1) is 12.3 Å². The van der Waals surface area contributed by atoms with Gasteiger partial charge in [0, 0.05) is 23.6 Å². The quantitative estimate of drug-likeness (QED) is 0.338. The molecule has 0 unspecified atom stereocenters. The minimum absolute atomic E-state index is 0.124. The highest BCUT2D eigenvalue weighted by atomic mass is 16.5. The Hall–Kier alpha value is -4.85. The van der Waals surface area contributed by atoms with Crippen molar-refractivity contribution in [2.45, 2.75) is 13.5 Å². The third-order valence-electron chi connectivity index (χ3n) is 5.50. The van der Waals surface area contributed by atoms with Crippen molar-refractivity contribution in [1.29, 1.82) is 0 Å². The summed E-state index contributed by atoms with van der Waals surface area (Å²) >= 11 is 0. The van der Waals surface area contributed by atoms with E-state index < -0.39 is 0 Å². The van der Waals surface area contributed by atoms with Gasteiger partial charge < -0.3 is 19.4 Å². The maximum atomic E-state index is 13.0. The summed E-state index contributed by atoms with van der Waals surface area (Å²) in [6, 6.07) is 25.7. The summed E-state index contributed by atoms with van der Waals surface area (Å²) in [6.07, 6.45) is 3.22. The van der Waals surface area contributed by atoms with Crippen LogP contribution < -0.4 is 20.3 Å². The SMILES string of the molecule is CCOc1ccc(-c2cc3c(=O)n(CC(=O)Nc4ccc(Oc5ccccc5)cc4)ccn3n2)cc1. The Balaban J connectivity index is 1.27. The number of carbonyl (C=O) groups is 1. The molecule has 0 spiro atoms. The van der Waals surface area contributed by atoms with Gasteiger partial charge in [0.1, 0.15) is 29.3 Å². The van der Waals surface area contributed by atoms with E-state index in [-0.39, 0.29) is 18.0 Å². The first-order chi connectivity index (χ1) is 17.6. The Kier molecular flexibility index (Phi) is 6.48. The van der Waals surface area contributed by atoms with Gasteiger partial charge in [-0.2, -0.15) is 5.10 Å². The highest BCUT2D eigenvalue weighted by Gasteiger charge is 2.12. The van der Waals surface area contributed by atoms with Crippen molar-refractivity contribution in [3.63, 3.8) is 0 Å². The van der Waals surface area contributed by atoms with E-state index in [0.29, 0.717) is 29.3 Å². The maximum absolute atomic E-state index is 13.0. The first-order valence-corrected chi connectivity index (χ1v) is 11.5. The topological polar surface area (TPSA) is 86.9 Å². The molecule has 180 valence electrons. The minimum atomic E-state index is -0.315. The Morgan fingerprint density at radius 2 is 1.58 bits per heavy atom. The number of aromatic nitrogens is 3. The van der Waals surface area contributed by atoms with Crippen LogP contribution in [-0.4, -0.2) is 26.7 Å². The number of benzene rings is 3. The monoisotopic (exact) mass is 480 g/mol. The molecule has 0 saturated carbocycles. The second-order valence-corrected chi connectivity index (χ2v) is 8.04. The lowest BCUT2D eigenvalue weighted by molar-refractivity contribution is -0.116. The van der Waals surface area contributed by atoms with Gasteiger partial charge in [-0.25, -0.2) is 4.52 Å².